The van der Waals surface area contributed by atoms with E-state index < -0.39 is 0 Å². The summed E-state index contributed by atoms with van der Waals surface area (Å²) < 4.78 is 12.0. The van der Waals surface area contributed by atoms with Crippen LogP contribution in [-0.2, 0) is 22.6 Å². The molecule has 40 heavy (non-hydrogen) atoms. The summed E-state index contributed by atoms with van der Waals surface area (Å²) in [5.41, 5.74) is 4.61. The molecule has 0 bridgehead atoms. The molecular weight excluding hydrogens is 506 g/mol. The Morgan fingerprint density at radius 2 is 1.70 bits per heavy atom. The van der Waals surface area contributed by atoms with Crippen LogP contribution in [0.2, 0.25) is 0 Å². The molecule has 2 aliphatic heterocycles. The van der Waals surface area contributed by atoms with Crippen LogP contribution < -0.4 is 4.74 Å². The SMILES string of the molecule is CC(=O)N1CCN(C(=O)c2ccc(COc3ccc4c(c3)[C@@H](c3cccc(C)c3)N(C(=O)C3CC3)CC4)o2)CC1. The molecule has 0 spiro atoms. The monoisotopic (exact) mass is 541 g/mol. The number of benzene rings is 2. The summed E-state index contributed by atoms with van der Waals surface area (Å²) in [6, 6.07) is 17.8. The molecule has 0 unspecified atom stereocenters. The van der Waals surface area contributed by atoms with Crippen LogP contribution in [0.25, 0.3) is 0 Å². The highest BCUT2D eigenvalue weighted by Crippen LogP contribution is 2.41. The van der Waals surface area contributed by atoms with Crippen LogP contribution in [0.4, 0.5) is 0 Å². The summed E-state index contributed by atoms with van der Waals surface area (Å²) in [7, 11) is 0. The van der Waals surface area contributed by atoms with E-state index in [1.807, 2.05) is 6.07 Å². The summed E-state index contributed by atoms with van der Waals surface area (Å²) >= 11 is 0. The number of hydrogen-bond acceptors (Lipinski definition) is 5. The van der Waals surface area contributed by atoms with Gasteiger partial charge in [-0.1, -0.05) is 35.9 Å². The van der Waals surface area contributed by atoms with E-state index in [0.717, 1.165) is 30.4 Å². The minimum absolute atomic E-state index is 0.0270. The highest BCUT2D eigenvalue weighted by Gasteiger charge is 2.39. The normalized spacial score (nSPS) is 18.9. The highest BCUT2D eigenvalue weighted by atomic mass is 16.5. The van der Waals surface area contributed by atoms with Gasteiger partial charge < -0.3 is 23.9 Å². The quantitative estimate of drug-likeness (QED) is 0.463. The van der Waals surface area contributed by atoms with Crippen LogP contribution in [0, 0.1) is 12.8 Å². The standard InChI is InChI=1S/C32H35N3O5/c1-21-4-3-5-25(18-21)30-28-19-26(9-8-23(28)12-13-35(30)31(37)24-6-7-24)39-20-27-10-11-29(40-27)32(38)34-16-14-33(15-17-34)22(2)36/h3-5,8-11,18-19,24,30H,6-7,12-17,20H2,1-2H3/t30-/m1/s1. The average molecular weight is 542 g/mol. The summed E-state index contributed by atoms with van der Waals surface area (Å²) in [5, 5.41) is 0. The number of hydrogen-bond donors (Lipinski definition) is 0. The molecule has 3 aliphatic rings. The van der Waals surface area contributed by atoms with Crippen LogP contribution in [-0.4, -0.2) is 65.1 Å². The molecule has 0 N–H and O–H groups in total. The van der Waals surface area contributed by atoms with Gasteiger partial charge in [-0.05, 0) is 67.1 Å². The molecule has 3 amide bonds. The molecule has 208 valence electrons. The molecule has 1 atom stereocenters. The van der Waals surface area contributed by atoms with Gasteiger partial charge in [0.25, 0.3) is 5.91 Å². The Morgan fingerprint density at radius 3 is 2.42 bits per heavy atom. The van der Waals surface area contributed by atoms with Crippen LogP contribution in [0.15, 0.2) is 59.0 Å². The summed E-state index contributed by atoms with van der Waals surface area (Å²) in [5.74, 6) is 1.78. The number of amides is 3. The summed E-state index contributed by atoms with van der Waals surface area (Å²) in [4.78, 5) is 43.3. The van der Waals surface area contributed by atoms with Crippen molar-refractivity contribution in [1.29, 1.82) is 0 Å². The van der Waals surface area contributed by atoms with Gasteiger partial charge in [-0.25, -0.2) is 0 Å². The second kappa shape index (κ2) is 10.8. The van der Waals surface area contributed by atoms with Gasteiger partial charge in [0.2, 0.25) is 11.8 Å². The van der Waals surface area contributed by atoms with E-state index in [2.05, 4.69) is 48.2 Å². The van der Waals surface area contributed by atoms with E-state index in [0.29, 0.717) is 44.2 Å². The number of fused-ring (bicyclic) bond motifs is 1. The number of nitrogens with zero attached hydrogens (tertiary/aromatic N) is 3. The van der Waals surface area contributed by atoms with E-state index >= 15 is 0 Å². The molecule has 3 aromatic rings. The lowest BCUT2D eigenvalue weighted by Gasteiger charge is -2.38. The fourth-order valence-electron chi connectivity index (χ4n) is 5.79. The predicted octanol–water partition coefficient (Wildman–Crippen LogP) is 4.36. The maximum atomic E-state index is 13.3. The van der Waals surface area contributed by atoms with Crippen LogP contribution >= 0.6 is 0 Å². The van der Waals surface area contributed by atoms with Crippen molar-refractivity contribution < 1.29 is 23.5 Å². The van der Waals surface area contributed by atoms with E-state index in [1.54, 1.807) is 28.9 Å². The van der Waals surface area contributed by atoms with E-state index in [-0.39, 0.29) is 42.0 Å². The minimum Gasteiger partial charge on any atom is -0.486 e. The van der Waals surface area contributed by atoms with Gasteiger partial charge in [0.1, 0.15) is 18.1 Å². The van der Waals surface area contributed by atoms with Gasteiger partial charge in [-0.3, -0.25) is 14.4 Å². The minimum atomic E-state index is -0.176. The lowest BCUT2D eigenvalue weighted by atomic mass is 9.87. The Labute approximate surface area is 234 Å². The zero-order valence-corrected chi connectivity index (χ0v) is 23.1. The van der Waals surface area contributed by atoms with Gasteiger partial charge in [-0.2, -0.15) is 0 Å². The zero-order valence-electron chi connectivity index (χ0n) is 23.1. The van der Waals surface area contributed by atoms with E-state index in [4.69, 9.17) is 9.15 Å². The third-order valence-corrected chi connectivity index (χ3v) is 8.18. The van der Waals surface area contributed by atoms with Crippen molar-refractivity contribution in [3.63, 3.8) is 0 Å². The first kappa shape index (κ1) is 26.2. The van der Waals surface area contributed by atoms with Crippen molar-refractivity contribution >= 4 is 17.7 Å². The molecule has 2 aromatic carbocycles. The fourth-order valence-corrected chi connectivity index (χ4v) is 5.79. The van der Waals surface area contributed by atoms with Crippen molar-refractivity contribution in [3.05, 3.63) is 88.4 Å². The molecular formula is C32H35N3O5. The third kappa shape index (κ3) is 5.35. The Balaban J connectivity index is 1.17. The maximum absolute atomic E-state index is 13.3. The number of piperazine rings is 1. The van der Waals surface area contributed by atoms with Gasteiger partial charge in [0.15, 0.2) is 5.76 Å². The highest BCUT2D eigenvalue weighted by molar-refractivity contribution is 5.91. The second-order valence-corrected chi connectivity index (χ2v) is 11.1. The predicted molar refractivity (Wildman–Crippen MR) is 149 cm³/mol. The Hall–Kier alpha value is -4.07. The zero-order chi connectivity index (χ0) is 27.8. The average Bonchev–Trinajstić information content (AvgIpc) is 3.72. The van der Waals surface area contributed by atoms with E-state index in [9.17, 15) is 14.4 Å². The topological polar surface area (TPSA) is 83.3 Å². The first-order chi connectivity index (χ1) is 19.4. The van der Waals surface area contributed by atoms with Crippen molar-refractivity contribution in [2.75, 3.05) is 32.7 Å². The number of rotatable bonds is 6. The third-order valence-electron chi connectivity index (χ3n) is 8.18. The van der Waals surface area contributed by atoms with Crippen molar-refractivity contribution in [2.45, 2.75) is 45.8 Å². The van der Waals surface area contributed by atoms with E-state index in [1.165, 1.54) is 11.1 Å². The van der Waals surface area contributed by atoms with Gasteiger partial charge in [-0.15, -0.1) is 0 Å². The molecule has 0 radical (unpaired) electrons. The maximum Gasteiger partial charge on any atom is 0.289 e. The first-order valence-electron chi connectivity index (χ1n) is 14.1. The molecule has 8 nitrogen and oxygen atoms in total. The van der Waals surface area contributed by atoms with Crippen LogP contribution in [0.5, 0.6) is 5.75 Å². The molecule has 3 heterocycles. The Morgan fingerprint density at radius 1 is 0.925 bits per heavy atom. The molecule has 2 fully saturated rings. The van der Waals surface area contributed by atoms with Gasteiger partial charge in [0.05, 0.1) is 6.04 Å². The van der Waals surface area contributed by atoms with Crippen LogP contribution in [0.1, 0.15) is 64.4 Å². The molecule has 6 rings (SSSR count). The molecule has 1 aromatic heterocycles. The lowest BCUT2D eigenvalue weighted by molar-refractivity contribution is -0.134. The summed E-state index contributed by atoms with van der Waals surface area (Å²) in [6.07, 6.45) is 2.78. The number of furan rings is 1. The van der Waals surface area contributed by atoms with Crippen molar-refractivity contribution in [1.82, 2.24) is 14.7 Å². The smallest absolute Gasteiger partial charge is 0.289 e. The van der Waals surface area contributed by atoms with Crippen molar-refractivity contribution in [3.8, 4) is 5.75 Å². The molecule has 1 saturated carbocycles. The number of carbonyl (C=O) groups excluding carboxylic acids is 3. The first-order valence-corrected chi connectivity index (χ1v) is 14.1. The number of carbonyl (C=O) groups is 3. The summed E-state index contributed by atoms with van der Waals surface area (Å²) in [6.45, 7) is 6.56. The largest absolute Gasteiger partial charge is 0.486 e. The fraction of sp³-hybridized carbons (Fsp3) is 0.406. The molecule has 1 aliphatic carbocycles. The molecule has 1 saturated heterocycles. The van der Waals surface area contributed by atoms with Crippen LogP contribution in [0.3, 0.4) is 0 Å². The Bertz CT molecular complexity index is 1430. The van der Waals surface area contributed by atoms with Crippen molar-refractivity contribution in [2.24, 2.45) is 5.92 Å². The molecule has 8 heteroatoms. The second-order valence-electron chi connectivity index (χ2n) is 11.1. The Kier molecular flexibility index (Phi) is 7.09. The number of ether oxygens (including phenoxy) is 1. The van der Waals surface area contributed by atoms with Gasteiger partial charge >= 0.3 is 0 Å². The van der Waals surface area contributed by atoms with Gasteiger partial charge in [0, 0.05) is 45.6 Å². The lowest BCUT2D eigenvalue weighted by Crippen LogP contribution is -2.50. The number of aryl methyl sites for hydroxylation is 1.